The van der Waals surface area contributed by atoms with Crippen LogP contribution in [0.2, 0.25) is 0 Å². The van der Waals surface area contributed by atoms with E-state index in [0.29, 0.717) is 18.5 Å². The van der Waals surface area contributed by atoms with Crippen LogP contribution in [0.15, 0.2) is 30.5 Å². The summed E-state index contributed by atoms with van der Waals surface area (Å²) in [7, 11) is 0. The second kappa shape index (κ2) is 5.18. The van der Waals surface area contributed by atoms with Gasteiger partial charge in [-0.15, -0.1) is 11.3 Å². The zero-order chi connectivity index (χ0) is 11.4. The highest BCUT2D eigenvalue weighted by molar-refractivity contribution is 7.11. The van der Waals surface area contributed by atoms with E-state index in [4.69, 9.17) is 5.73 Å². The second-order valence-electron chi connectivity index (χ2n) is 3.53. The van der Waals surface area contributed by atoms with Crippen LogP contribution in [0.3, 0.4) is 0 Å². The maximum Gasteiger partial charge on any atom is 0.126 e. The lowest BCUT2D eigenvalue weighted by molar-refractivity contribution is 0.614. The van der Waals surface area contributed by atoms with Crippen molar-refractivity contribution in [2.24, 2.45) is 5.73 Å². The van der Waals surface area contributed by atoms with Gasteiger partial charge >= 0.3 is 0 Å². The number of nitrogens with zero attached hydrogens (tertiary/aromatic N) is 1. The van der Waals surface area contributed by atoms with E-state index in [9.17, 15) is 4.39 Å². The molecule has 0 saturated carbocycles. The van der Waals surface area contributed by atoms with Gasteiger partial charge in [-0.05, 0) is 18.2 Å². The number of hydrogen-bond donors (Lipinski definition) is 1. The molecule has 0 radical (unpaired) electrons. The fourth-order valence-electron chi connectivity index (χ4n) is 1.50. The molecule has 0 fully saturated rings. The molecule has 0 atom stereocenters. The average molecular weight is 236 g/mol. The Morgan fingerprint density at radius 2 is 2.12 bits per heavy atom. The minimum absolute atomic E-state index is 0.156. The molecule has 0 bridgehead atoms. The predicted octanol–water partition coefficient (Wildman–Crippen LogP) is 2.37. The van der Waals surface area contributed by atoms with Gasteiger partial charge in [0.1, 0.15) is 5.82 Å². The van der Waals surface area contributed by atoms with Crippen LogP contribution in [0.25, 0.3) is 0 Å². The zero-order valence-electron chi connectivity index (χ0n) is 8.82. The second-order valence-corrected chi connectivity index (χ2v) is 4.73. The zero-order valence-corrected chi connectivity index (χ0v) is 9.64. The Bertz CT molecular complexity index is 468. The quantitative estimate of drug-likeness (QED) is 0.885. The molecule has 0 aliphatic heterocycles. The lowest BCUT2D eigenvalue weighted by atomic mass is 10.1. The molecule has 0 unspecified atom stereocenters. The van der Waals surface area contributed by atoms with E-state index in [0.717, 1.165) is 16.3 Å². The number of rotatable bonds is 4. The monoisotopic (exact) mass is 236 g/mol. The molecule has 4 heteroatoms. The molecule has 0 amide bonds. The van der Waals surface area contributed by atoms with E-state index >= 15 is 0 Å². The number of nitrogens with two attached hydrogens (primary N) is 1. The molecule has 1 heterocycles. The molecule has 2 N–H and O–H groups in total. The minimum Gasteiger partial charge on any atom is -0.330 e. The van der Waals surface area contributed by atoms with Crippen molar-refractivity contribution in [1.82, 2.24) is 4.98 Å². The predicted molar refractivity (Wildman–Crippen MR) is 64.1 cm³/mol. The van der Waals surface area contributed by atoms with Gasteiger partial charge in [0.2, 0.25) is 0 Å². The summed E-state index contributed by atoms with van der Waals surface area (Å²) in [5.74, 6) is -0.156. The lowest BCUT2D eigenvalue weighted by Gasteiger charge is -1.99. The van der Waals surface area contributed by atoms with Gasteiger partial charge in [0, 0.05) is 23.9 Å². The molecule has 0 aliphatic carbocycles. The summed E-state index contributed by atoms with van der Waals surface area (Å²) in [6.07, 6.45) is 3.21. The largest absolute Gasteiger partial charge is 0.330 e. The maximum atomic E-state index is 13.4. The van der Waals surface area contributed by atoms with E-state index in [1.807, 2.05) is 12.3 Å². The van der Waals surface area contributed by atoms with Crippen LogP contribution in [0.4, 0.5) is 4.39 Å². The van der Waals surface area contributed by atoms with Crippen molar-refractivity contribution >= 4 is 11.3 Å². The van der Waals surface area contributed by atoms with Crippen LogP contribution in [0.5, 0.6) is 0 Å². The molecule has 0 saturated heterocycles. The Morgan fingerprint density at radius 1 is 1.31 bits per heavy atom. The summed E-state index contributed by atoms with van der Waals surface area (Å²) >= 11 is 1.60. The van der Waals surface area contributed by atoms with Crippen LogP contribution in [0, 0.1) is 5.82 Å². The maximum absolute atomic E-state index is 13.4. The molecule has 1 aromatic carbocycles. The summed E-state index contributed by atoms with van der Waals surface area (Å²) in [6.45, 7) is 0.604. The first-order valence-corrected chi connectivity index (χ1v) is 5.98. The van der Waals surface area contributed by atoms with Gasteiger partial charge < -0.3 is 5.73 Å². The molecule has 2 rings (SSSR count). The van der Waals surface area contributed by atoms with Gasteiger partial charge in [-0.25, -0.2) is 9.37 Å². The van der Waals surface area contributed by atoms with Crippen LogP contribution >= 0.6 is 11.3 Å². The standard InChI is InChI=1S/C12H13FN2S/c13-11-4-2-1-3-9(11)7-10-8-15-12(16-10)5-6-14/h1-4,8H,5-7,14H2. The first-order chi connectivity index (χ1) is 7.79. The average Bonchev–Trinajstić information content (AvgIpc) is 2.70. The molecule has 0 spiro atoms. The highest BCUT2D eigenvalue weighted by Crippen LogP contribution is 2.19. The van der Waals surface area contributed by atoms with Crippen molar-refractivity contribution in [2.75, 3.05) is 6.54 Å². The number of hydrogen-bond acceptors (Lipinski definition) is 3. The molecule has 2 aromatic rings. The molecular formula is C12H13FN2S. The van der Waals surface area contributed by atoms with Crippen molar-refractivity contribution < 1.29 is 4.39 Å². The summed E-state index contributed by atoms with van der Waals surface area (Å²) in [4.78, 5) is 5.33. The minimum atomic E-state index is -0.156. The number of aromatic nitrogens is 1. The van der Waals surface area contributed by atoms with Gasteiger partial charge in [-0.3, -0.25) is 0 Å². The summed E-state index contributed by atoms with van der Waals surface area (Å²) < 4.78 is 13.4. The van der Waals surface area contributed by atoms with Crippen molar-refractivity contribution in [3.8, 4) is 0 Å². The Hall–Kier alpha value is -1.26. The molecule has 16 heavy (non-hydrogen) atoms. The summed E-state index contributed by atoms with van der Waals surface area (Å²) in [5, 5.41) is 1.02. The van der Waals surface area contributed by atoms with Crippen molar-refractivity contribution in [1.29, 1.82) is 0 Å². The van der Waals surface area contributed by atoms with Crippen LogP contribution in [-0.4, -0.2) is 11.5 Å². The van der Waals surface area contributed by atoms with Gasteiger partial charge in [0.05, 0.1) is 5.01 Å². The first-order valence-electron chi connectivity index (χ1n) is 5.16. The van der Waals surface area contributed by atoms with E-state index in [2.05, 4.69) is 4.98 Å². The fourth-order valence-corrected chi connectivity index (χ4v) is 2.46. The topological polar surface area (TPSA) is 38.9 Å². The van der Waals surface area contributed by atoms with Gasteiger partial charge in [-0.1, -0.05) is 18.2 Å². The highest BCUT2D eigenvalue weighted by atomic mass is 32.1. The Morgan fingerprint density at radius 3 is 2.88 bits per heavy atom. The summed E-state index contributed by atoms with van der Waals surface area (Å²) in [6, 6.07) is 6.83. The van der Waals surface area contributed by atoms with Crippen LogP contribution < -0.4 is 5.73 Å². The fraction of sp³-hybridized carbons (Fsp3) is 0.250. The normalized spacial score (nSPS) is 10.6. The van der Waals surface area contributed by atoms with Gasteiger partial charge in [0.25, 0.3) is 0 Å². The van der Waals surface area contributed by atoms with Crippen molar-refractivity contribution in [2.45, 2.75) is 12.8 Å². The molecule has 0 aliphatic rings. The summed E-state index contributed by atoms with van der Waals surface area (Å²) in [5.41, 5.74) is 6.17. The molecule has 84 valence electrons. The molecular weight excluding hydrogens is 223 g/mol. The lowest BCUT2D eigenvalue weighted by Crippen LogP contribution is -2.01. The van der Waals surface area contributed by atoms with Gasteiger partial charge in [0.15, 0.2) is 0 Å². The third kappa shape index (κ3) is 2.65. The first kappa shape index (κ1) is 11.2. The van der Waals surface area contributed by atoms with E-state index in [1.165, 1.54) is 6.07 Å². The Kier molecular flexibility index (Phi) is 3.64. The number of benzene rings is 1. The van der Waals surface area contributed by atoms with E-state index in [1.54, 1.807) is 23.5 Å². The third-order valence-corrected chi connectivity index (χ3v) is 3.34. The highest BCUT2D eigenvalue weighted by Gasteiger charge is 2.05. The third-order valence-electron chi connectivity index (χ3n) is 2.28. The molecule has 2 nitrogen and oxygen atoms in total. The number of thiazole rings is 1. The van der Waals surface area contributed by atoms with Crippen LogP contribution in [0.1, 0.15) is 15.4 Å². The van der Waals surface area contributed by atoms with Crippen molar-refractivity contribution in [3.05, 3.63) is 51.7 Å². The van der Waals surface area contributed by atoms with E-state index in [-0.39, 0.29) is 5.82 Å². The molecule has 1 aromatic heterocycles. The Balaban J connectivity index is 2.11. The smallest absolute Gasteiger partial charge is 0.126 e. The number of halogens is 1. The van der Waals surface area contributed by atoms with Gasteiger partial charge in [-0.2, -0.15) is 0 Å². The van der Waals surface area contributed by atoms with Crippen LogP contribution in [-0.2, 0) is 12.8 Å². The Labute approximate surface area is 97.9 Å². The van der Waals surface area contributed by atoms with E-state index < -0.39 is 0 Å². The van der Waals surface area contributed by atoms with Crippen molar-refractivity contribution in [3.63, 3.8) is 0 Å². The SMILES string of the molecule is NCCc1ncc(Cc2ccccc2F)s1.